The number of hydrogen-bond donors (Lipinski definition) is 1. The number of hydrogen-bond acceptors (Lipinski definition) is 2. The molecule has 0 saturated carbocycles. The highest BCUT2D eigenvalue weighted by Crippen LogP contribution is 2.10. The average molecular weight is 267 g/mol. The van der Waals surface area contributed by atoms with Crippen molar-refractivity contribution in [1.82, 2.24) is 0 Å². The molecule has 0 fully saturated rings. The Hall–Kier alpha value is -1.45. The highest BCUT2D eigenvalue weighted by molar-refractivity contribution is 5.99. The van der Waals surface area contributed by atoms with Crippen LogP contribution in [0.25, 0.3) is 0 Å². The lowest BCUT2D eigenvalue weighted by molar-refractivity contribution is 0.619. The Labute approximate surface area is 116 Å². The molecule has 0 saturated heterocycles. The lowest BCUT2D eigenvalue weighted by atomic mass is 10.1. The normalized spacial score (nSPS) is 14.8. The van der Waals surface area contributed by atoms with Gasteiger partial charge in [-0.05, 0) is 44.3 Å². The van der Waals surface area contributed by atoms with Gasteiger partial charge >= 0.3 is 0 Å². The molecule has 0 aromatic rings. The number of unbranched alkanes of at least 4 members (excludes halogenated alkanes) is 1. The second kappa shape index (κ2) is 9.48. The molecule has 0 aromatic heterocycles. The van der Waals surface area contributed by atoms with Crippen LogP contribution in [0.3, 0.4) is 0 Å². The SMILES string of the molecule is CCC/C=C(F)/N=C(/N)C(N=CC(C)CC)=C(C)C. The predicted octanol–water partition coefficient (Wildman–Crippen LogP) is 4.37. The van der Waals surface area contributed by atoms with E-state index in [9.17, 15) is 4.39 Å². The Bertz CT molecular complexity index is 388. The van der Waals surface area contributed by atoms with Crippen LogP contribution in [0.2, 0.25) is 0 Å². The minimum Gasteiger partial charge on any atom is -0.382 e. The first-order chi connectivity index (χ1) is 8.92. The van der Waals surface area contributed by atoms with Crippen molar-refractivity contribution < 1.29 is 4.39 Å². The fraction of sp³-hybridized carbons (Fsp3) is 0.600. The van der Waals surface area contributed by atoms with E-state index in [0.717, 1.165) is 18.4 Å². The van der Waals surface area contributed by atoms with Gasteiger partial charge in [-0.1, -0.05) is 27.2 Å². The van der Waals surface area contributed by atoms with Crippen molar-refractivity contribution in [3.8, 4) is 0 Å². The number of aliphatic imine (C=N–C) groups is 2. The molecule has 1 atom stereocenters. The fourth-order valence-electron chi connectivity index (χ4n) is 1.24. The molecule has 3 nitrogen and oxygen atoms in total. The topological polar surface area (TPSA) is 50.7 Å². The maximum Gasteiger partial charge on any atom is 0.210 e. The molecule has 108 valence electrons. The van der Waals surface area contributed by atoms with Crippen LogP contribution in [0.4, 0.5) is 4.39 Å². The average Bonchev–Trinajstić information content (AvgIpc) is 2.35. The van der Waals surface area contributed by atoms with E-state index in [-0.39, 0.29) is 5.84 Å². The van der Waals surface area contributed by atoms with E-state index in [1.807, 2.05) is 27.0 Å². The summed E-state index contributed by atoms with van der Waals surface area (Å²) in [7, 11) is 0. The molecule has 4 heteroatoms. The Morgan fingerprint density at radius 3 is 2.42 bits per heavy atom. The minimum absolute atomic E-state index is 0.129. The summed E-state index contributed by atoms with van der Waals surface area (Å²) in [6.07, 6.45) is 5.81. The quantitative estimate of drug-likeness (QED) is 0.416. The molecule has 0 rings (SSSR count). The third kappa shape index (κ3) is 7.54. The van der Waals surface area contributed by atoms with Crippen LogP contribution in [0, 0.1) is 5.92 Å². The van der Waals surface area contributed by atoms with Crippen molar-refractivity contribution in [3.05, 3.63) is 23.3 Å². The molecule has 0 spiro atoms. The summed E-state index contributed by atoms with van der Waals surface area (Å²) < 4.78 is 13.4. The van der Waals surface area contributed by atoms with Crippen LogP contribution in [0.1, 0.15) is 53.9 Å². The van der Waals surface area contributed by atoms with Gasteiger partial charge in [-0.25, -0.2) is 4.99 Å². The van der Waals surface area contributed by atoms with E-state index in [0.29, 0.717) is 18.0 Å². The summed E-state index contributed by atoms with van der Waals surface area (Å²) in [5.74, 6) is -0.0520. The zero-order valence-electron chi connectivity index (χ0n) is 12.7. The summed E-state index contributed by atoms with van der Waals surface area (Å²) in [6.45, 7) is 9.91. The monoisotopic (exact) mass is 267 g/mol. The summed E-state index contributed by atoms with van der Waals surface area (Å²) >= 11 is 0. The molecule has 0 aliphatic rings. The van der Waals surface area contributed by atoms with Crippen molar-refractivity contribution in [2.24, 2.45) is 21.6 Å². The summed E-state index contributed by atoms with van der Waals surface area (Å²) in [6, 6.07) is 0. The second-order valence-corrected chi connectivity index (χ2v) is 4.82. The van der Waals surface area contributed by atoms with Crippen molar-refractivity contribution in [2.45, 2.75) is 53.9 Å². The van der Waals surface area contributed by atoms with Gasteiger partial charge in [-0.2, -0.15) is 4.39 Å². The van der Waals surface area contributed by atoms with Crippen LogP contribution in [0.15, 0.2) is 33.3 Å². The second-order valence-electron chi connectivity index (χ2n) is 4.82. The predicted molar refractivity (Wildman–Crippen MR) is 82.0 cm³/mol. The van der Waals surface area contributed by atoms with Crippen LogP contribution in [-0.4, -0.2) is 12.1 Å². The standard InChI is InChI=1S/C15H26FN3/c1-6-8-9-13(16)19-15(17)14(11(3)4)18-10-12(5)7-2/h9-10,12H,6-8H2,1-5H3,(H2,17,19)/b13-9+,18-10?. The number of nitrogens with two attached hydrogens (primary N) is 1. The van der Waals surface area contributed by atoms with Gasteiger partial charge < -0.3 is 5.73 Å². The molecular weight excluding hydrogens is 241 g/mol. The van der Waals surface area contributed by atoms with E-state index in [1.165, 1.54) is 6.08 Å². The van der Waals surface area contributed by atoms with Gasteiger partial charge in [0.05, 0.1) is 0 Å². The molecule has 0 bridgehead atoms. The van der Waals surface area contributed by atoms with Gasteiger partial charge in [0, 0.05) is 6.21 Å². The third-order valence-corrected chi connectivity index (χ3v) is 2.65. The zero-order valence-corrected chi connectivity index (χ0v) is 12.7. The Kier molecular flexibility index (Phi) is 8.75. The molecule has 2 N–H and O–H groups in total. The van der Waals surface area contributed by atoms with E-state index in [2.05, 4.69) is 23.8 Å². The number of nitrogens with zero attached hydrogens (tertiary/aromatic N) is 2. The molecular formula is C15H26FN3. The first kappa shape index (κ1) is 17.6. The van der Waals surface area contributed by atoms with Gasteiger partial charge in [-0.3, -0.25) is 4.99 Å². The lowest BCUT2D eigenvalue weighted by Gasteiger charge is -2.05. The largest absolute Gasteiger partial charge is 0.382 e. The molecule has 0 amide bonds. The van der Waals surface area contributed by atoms with Crippen molar-refractivity contribution in [3.63, 3.8) is 0 Å². The first-order valence-corrected chi connectivity index (χ1v) is 6.84. The zero-order chi connectivity index (χ0) is 14.8. The fourth-order valence-corrected chi connectivity index (χ4v) is 1.24. The molecule has 0 heterocycles. The van der Waals surface area contributed by atoms with Crippen molar-refractivity contribution >= 4 is 12.1 Å². The molecule has 0 aliphatic heterocycles. The summed E-state index contributed by atoms with van der Waals surface area (Å²) in [5.41, 5.74) is 7.29. The van der Waals surface area contributed by atoms with Crippen LogP contribution < -0.4 is 5.73 Å². The smallest absolute Gasteiger partial charge is 0.210 e. The van der Waals surface area contributed by atoms with E-state index >= 15 is 0 Å². The van der Waals surface area contributed by atoms with E-state index < -0.39 is 5.95 Å². The molecule has 0 aliphatic carbocycles. The van der Waals surface area contributed by atoms with Crippen molar-refractivity contribution in [2.75, 3.05) is 0 Å². The van der Waals surface area contributed by atoms with Crippen LogP contribution >= 0.6 is 0 Å². The third-order valence-electron chi connectivity index (χ3n) is 2.65. The molecule has 1 unspecified atom stereocenters. The summed E-state index contributed by atoms with van der Waals surface area (Å²) in [5, 5.41) is 0. The van der Waals surface area contributed by atoms with E-state index in [4.69, 9.17) is 5.73 Å². The van der Waals surface area contributed by atoms with Gasteiger partial charge in [0.25, 0.3) is 0 Å². The number of allylic oxidation sites excluding steroid dienone is 2. The van der Waals surface area contributed by atoms with Gasteiger partial charge in [-0.15, -0.1) is 0 Å². The number of amidine groups is 1. The van der Waals surface area contributed by atoms with E-state index in [1.54, 1.807) is 0 Å². The Morgan fingerprint density at radius 1 is 1.32 bits per heavy atom. The highest BCUT2D eigenvalue weighted by Gasteiger charge is 2.05. The minimum atomic E-state index is -0.545. The van der Waals surface area contributed by atoms with Crippen molar-refractivity contribution in [1.29, 1.82) is 0 Å². The maximum absolute atomic E-state index is 13.4. The molecule has 19 heavy (non-hydrogen) atoms. The maximum atomic E-state index is 13.4. The number of rotatable bonds is 7. The van der Waals surface area contributed by atoms with Crippen LogP contribution in [0.5, 0.6) is 0 Å². The highest BCUT2D eigenvalue weighted by atomic mass is 19.1. The van der Waals surface area contributed by atoms with Crippen LogP contribution in [-0.2, 0) is 0 Å². The van der Waals surface area contributed by atoms with Gasteiger partial charge in [0.1, 0.15) is 5.70 Å². The number of halogens is 1. The van der Waals surface area contributed by atoms with Gasteiger partial charge in [0.2, 0.25) is 5.95 Å². The molecule has 0 radical (unpaired) electrons. The molecule has 0 aromatic carbocycles. The summed E-state index contributed by atoms with van der Waals surface area (Å²) in [4.78, 5) is 8.09. The first-order valence-electron chi connectivity index (χ1n) is 6.84. The Morgan fingerprint density at radius 2 is 1.95 bits per heavy atom. The lowest BCUT2D eigenvalue weighted by Crippen LogP contribution is -2.15. The van der Waals surface area contributed by atoms with Gasteiger partial charge in [0.15, 0.2) is 5.84 Å². The Balaban J connectivity index is 5.07.